The molecule has 2 aromatic rings. The Morgan fingerprint density at radius 2 is 1.90 bits per heavy atom. The number of halogens is 2. The van der Waals surface area contributed by atoms with Crippen LogP contribution in [0.1, 0.15) is 28.7 Å². The van der Waals surface area contributed by atoms with Gasteiger partial charge < -0.3 is 0 Å². The molecule has 2 amide bonds. The van der Waals surface area contributed by atoms with Gasteiger partial charge in [-0.3, -0.25) is 14.9 Å². The average Bonchev–Trinajstić information content (AvgIpc) is 2.66. The second kappa shape index (κ2) is 5.87. The molecule has 0 unspecified atom stereocenters. The topological polar surface area (TPSA) is 64.0 Å². The van der Waals surface area contributed by atoms with Crippen LogP contribution in [0.4, 0.5) is 0 Å². The lowest BCUT2D eigenvalue weighted by molar-refractivity contribution is -0.118. The number of carbonyl (C=O) groups is 2. The molecule has 0 aliphatic rings. The van der Waals surface area contributed by atoms with Gasteiger partial charge in [0.2, 0.25) is 5.91 Å². The van der Waals surface area contributed by atoms with Crippen LogP contribution in [-0.2, 0) is 4.79 Å². The Morgan fingerprint density at radius 1 is 1.24 bits per heavy atom. The Balaban J connectivity index is 2.52. The maximum Gasteiger partial charge on any atom is 0.278 e. The van der Waals surface area contributed by atoms with Crippen molar-refractivity contribution in [3.8, 4) is 5.69 Å². The monoisotopic (exact) mass is 325 g/mol. The number of nitrogens with one attached hydrogen (secondary N) is 1. The van der Waals surface area contributed by atoms with E-state index < -0.39 is 11.8 Å². The van der Waals surface area contributed by atoms with Gasteiger partial charge in [0.25, 0.3) is 5.91 Å². The zero-order valence-corrected chi connectivity index (χ0v) is 13.2. The Hall–Kier alpha value is -1.85. The zero-order chi connectivity index (χ0) is 15.7. The molecule has 0 bridgehead atoms. The molecule has 2 rings (SSSR count). The molecule has 0 spiro atoms. The van der Waals surface area contributed by atoms with Crippen molar-refractivity contribution in [2.24, 2.45) is 0 Å². The number of rotatable bonds is 2. The molecule has 1 aromatic heterocycles. The fourth-order valence-corrected chi connectivity index (χ4v) is 2.39. The predicted octanol–water partition coefficient (Wildman–Crippen LogP) is 3.07. The summed E-state index contributed by atoms with van der Waals surface area (Å²) >= 11 is 12.0. The smallest absolute Gasteiger partial charge is 0.278 e. The van der Waals surface area contributed by atoms with E-state index in [1.54, 1.807) is 29.8 Å². The van der Waals surface area contributed by atoms with Gasteiger partial charge in [-0.15, -0.1) is 0 Å². The van der Waals surface area contributed by atoms with Gasteiger partial charge in [0.1, 0.15) is 0 Å². The van der Waals surface area contributed by atoms with Crippen LogP contribution >= 0.6 is 23.2 Å². The highest BCUT2D eigenvalue weighted by molar-refractivity contribution is 6.35. The molecule has 0 atom stereocenters. The number of aromatic nitrogens is 2. The van der Waals surface area contributed by atoms with Crippen molar-refractivity contribution < 1.29 is 9.59 Å². The van der Waals surface area contributed by atoms with Crippen LogP contribution in [0.5, 0.6) is 0 Å². The first kappa shape index (κ1) is 15.5. The quantitative estimate of drug-likeness (QED) is 0.922. The molecule has 1 heterocycles. The SMILES string of the molecule is CC(=O)NC(=O)c1nn(-c2ccc(Cl)cc2Cl)c(C)c1C. The van der Waals surface area contributed by atoms with Crippen molar-refractivity contribution in [2.75, 3.05) is 0 Å². The third-order valence-corrected chi connectivity index (χ3v) is 3.60. The van der Waals surface area contributed by atoms with Gasteiger partial charge in [-0.25, -0.2) is 4.68 Å². The Labute approximate surface area is 131 Å². The second-order valence-corrected chi connectivity index (χ2v) is 5.42. The van der Waals surface area contributed by atoms with Crippen molar-refractivity contribution in [1.29, 1.82) is 0 Å². The number of carbonyl (C=O) groups excluding carboxylic acids is 2. The minimum Gasteiger partial charge on any atom is -0.291 e. The first-order valence-corrected chi connectivity index (χ1v) is 6.90. The first-order chi connectivity index (χ1) is 9.81. The molecular formula is C14H13Cl2N3O2. The van der Waals surface area contributed by atoms with E-state index >= 15 is 0 Å². The maximum absolute atomic E-state index is 11.9. The van der Waals surface area contributed by atoms with Gasteiger partial charge in [0, 0.05) is 23.2 Å². The molecule has 0 aliphatic carbocycles. The van der Waals surface area contributed by atoms with Gasteiger partial charge in [-0.05, 0) is 32.0 Å². The van der Waals surface area contributed by atoms with E-state index in [1.807, 2.05) is 6.92 Å². The molecule has 0 saturated heterocycles. The van der Waals surface area contributed by atoms with Gasteiger partial charge in [0.15, 0.2) is 5.69 Å². The van der Waals surface area contributed by atoms with Crippen molar-refractivity contribution in [2.45, 2.75) is 20.8 Å². The molecule has 7 heteroatoms. The summed E-state index contributed by atoms with van der Waals surface area (Å²) in [6, 6.07) is 5.01. The highest BCUT2D eigenvalue weighted by Gasteiger charge is 2.20. The number of nitrogens with zero attached hydrogens (tertiary/aromatic N) is 2. The average molecular weight is 326 g/mol. The van der Waals surface area contributed by atoms with E-state index in [0.717, 1.165) is 5.69 Å². The van der Waals surface area contributed by atoms with E-state index in [1.165, 1.54) is 6.92 Å². The normalized spacial score (nSPS) is 10.5. The van der Waals surface area contributed by atoms with E-state index in [9.17, 15) is 9.59 Å². The predicted molar refractivity (Wildman–Crippen MR) is 81.2 cm³/mol. The Morgan fingerprint density at radius 3 is 2.48 bits per heavy atom. The third kappa shape index (κ3) is 3.09. The molecule has 0 radical (unpaired) electrons. The lowest BCUT2D eigenvalue weighted by atomic mass is 10.2. The van der Waals surface area contributed by atoms with Gasteiger partial charge in [-0.1, -0.05) is 23.2 Å². The van der Waals surface area contributed by atoms with Gasteiger partial charge in [0.05, 0.1) is 10.7 Å². The number of hydrogen-bond donors (Lipinski definition) is 1. The standard InChI is InChI=1S/C14H13Cl2N3O2/c1-7-8(2)19(12-5-4-10(15)6-11(12)16)18-13(7)14(21)17-9(3)20/h4-6H,1-3H3,(H,17,20,21). The molecule has 1 N–H and O–H groups in total. The number of hydrogen-bond acceptors (Lipinski definition) is 3. The van der Waals surface area contributed by atoms with Crippen LogP contribution in [0.25, 0.3) is 5.69 Å². The number of benzene rings is 1. The first-order valence-electron chi connectivity index (χ1n) is 6.15. The van der Waals surface area contributed by atoms with Crippen molar-refractivity contribution in [3.05, 3.63) is 45.2 Å². The van der Waals surface area contributed by atoms with E-state index in [4.69, 9.17) is 23.2 Å². The van der Waals surface area contributed by atoms with Crippen LogP contribution in [0.3, 0.4) is 0 Å². The summed E-state index contributed by atoms with van der Waals surface area (Å²) in [6.45, 7) is 4.85. The number of imide groups is 1. The van der Waals surface area contributed by atoms with E-state index in [-0.39, 0.29) is 5.69 Å². The largest absolute Gasteiger partial charge is 0.291 e. The maximum atomic E-state index is 11.9. The van der Waals surface area contributed by atoms with Crippen molar-refractivity contribution in [3.63, 3.8) is 0 Å². The minimum atomic E-state index is -0.535. The summed E-state index contributed by atoms with van der Waals surface area (Å²) < 4.78 is 1.56. The summed E-state index contributed by atoms with van der Waals surface area (Å²) in [5.74, 6) is -0.969. The summed E-state index contributed by atoms with van der Waals surface area (Å²) in [5, 5.41) is 7.39. The van der Waals surface area contributed by atoms with Crippen LogP contribution < -0.4 is 5.32 Å². The van der Waals surface area contributed by atoms with Crippen LogP contribution in [0.2, 0.25) is 10.0 Å². The highest BCUT2D eigenvalue weighted by atomic mass is 35.5. The second-order valence-electron chi connectivity index (χ2n) is 4.58. The molecule has 110 valence electrons. The van der Waals surface area contributed by atoms with Crippen molar-refractivity contribution >= 4 is 35.0 Å². The van der Waals surface area contributed by atoms with E-state index in [0.29, 0.717) is 21.3 Å². The fraction of sp³-hybridized carbons (Fsp3) is 0.214. The molecule has 0 aliphatic heterocycles. The molecule has 0 fully saturated rings. The third-order valence-electron chi connectivity index (χ3n) is 3.06. The van der Waals surface area contributed by atoms with Crippen LogP contribution in [0, 0.1) is 13.8 Å². The van der Waals surface area contributed by atoms with Crippen LogP contribution in [0.15, 0.2) is 18.2 Å². The van der Waals surface area contributed by atoms with E-state index in [2.05, 4.69) is 10.4 Å². The van der Waals surface area contributed by atoms with Gasteiger partial charge in [-0.2, -0.15) is 5.10 Å². The molecule has 21 heavy (non-hydrogen) atoms. The summed E-state index contributed by atoms with van der Waals surface area (Å²) in [4.78, 5) is 22.9. The Kier molecular flexibility index (Phi) is 4.34. The molecular weight excluding hydrogens is 313 g/mol. The lowest BCUT2D eigenvalue weighted by Gasteiger charge is -2.07. The van der Waals surface area contributed by atoms with Gasteiger partial charge >= 0.3 is 0 Å². The van der Waals surface area contributed by atoms with Crippen LogP contribution in [-0.4, -0.2) is 21.6 Å². The fourth-order valence-electron chi connectivity index (χ4n) is 1.90. The summed E-state index contributed by atoms with van der Waals surface area (Å²) in [7, 11) is 0. The zero-order valence-electron chi connectivity index (χ0n) is 11.7. The van der Waals surface area contributed by atoms with Crippen molar-refractivity contribution in [1.82, 2.24) is 15.1 Å². The summed E-state index contributed by atoms with van der Waals surface area (Å²) in [5.41, 5.74) is 2.24. The Bertz CT molecular complexity index is 738. The molecule has 0 saturated carbocycles. The summed E-state index contributed by atoms with van der Waals surface area (Å²) in [6.07, 6.45) is 0. The lowest BCUT2D eigenvalue weighted by Crippen LogP contribution is -2.28. The molecule has 5 nitrogen and oxygen atoms in total. The minimum absolute atomic E-state index is 0.189. The number of amides is 2. The molecule has 1 aromatic carbocycles. The highest BCUT2D eigenvalue weighted by Crippen LogP contribution is 2.26.